The average Bonchev–Trinajstić information content (AvgIpc) is 2.57. The summed E-state index contributed by atoms with van der Waals surface area (Å²) in [5.74, 6) is -0.193. The predicted molar refractivity (Wildman–Crippen MR) is 91.1 cm³/mol. The van der Waals surface area contributed by atoms with Gasteiger partial charge in [0.25, 0.3) is 11.6 Å². The molecule has 126 valence electrons. The molecule has 0 radical (unpaired) electrons. The summed E-state index contributed by atoms with van der Waals surface area (Å²) in [6.45, 7) is 0.659. The fourth-order valence-electron chi connectivity index (χ4n) is 2.25. The minimum atomic E-state index is -0.490. The van der Waals surface area contributed by atoms with Crippen LogP contribution in [-0.4, -0.2) is 29.9 Å². The van der Waals surface area contributed by atoms with Crippen molar-refractivity contribution in [2.45, 2.75) is 13.2 Å². The van der Waals surface area contributed by atoms with E-state index in [1.165, 1.54) is 23.1 Å². The van der Waals surface area contributed by atoms with E-state index in [-0.39, 0.29) is 18.1 Å². The van der Waals surface area contributed by atoms with E-state index in [4.69, 9.17) is 16.3 Å². The van der Waals surface area contributed by atoms with Gasteiger partial charge in [-0.05, 0) is 29.3 Å². The van der Waals surface area contributed by atoms with E-state index < -0.39 is 4.92 Å². The smallest absolute Gasteiger partial charge is 0.269 e. The highest BCUT2D eigenvalue weighted by Gasteiger charge is 2.16. The molecular weight excluding hydrogens is 332 g/mol. The Hall–Kier alpha value is -2.44. The van der Waals surface area contributed by atoms with Crippen molar-refractivity contribution in [1.82, 2.24) is 4.90 Å². The summed E-state index contributed by atoms with van der Waals surface area (Å²) in [5, 5.41) is 11.2. The second-order valence-corrected chi connectivity index (χ2v) is 5.73. The molecule has 0 bridgehead atoms. The molecule has 0 N–H and O–H groups in total. The number of nitro groups is 1. The van der Waals surface area contributed by atoms with Gasteiger partial charge in [-0.15, -0.1) is 0 Å². The third-order valence-corrected chi connectivity index (χ3v) is 3.87. The lowest BCUT2D eigenvalue weighted by Gasteiger charge is -2.18. The quantitative estimate of drug-likeness (QED) is 0.589. The maximum atomic E-state index is 12.5. The number of carbonyl (C=O) groups is 1. The molecule has 0 atom stereocenters. The van der Waals surface area contributed by atoms with Gasteiger partial charge in [-0.25, -0.2) is 0 Å². The first-order chi connectivity index (χ1) is 11.4. The van der Waals surface area contributed by atoms with E-state index in [2.05, 4.69) is 0 Å². The molecule has 2 aromatic carbocycles. The number of amides is 1. The Morgan fingerprint density at radius 2 is 1.92 bits per heavy atom. The van der Waals surface area contributed by atoms with Crippen molar-refractivity contribution in [2.24, 2.45) is 0 Å². The molecule has 2 aromatic rings. The molecule has 0 heterocycles. The zero-order valence-corrected chi connectivity index (χ0v) is 14.1. The predicted octanol–water partition coefficient (Wildman–Crippen LogP) is 3.67. The van der Waals surface area contributed by atoms with Crippen molar-refractivity contribution in [3.63, 3.8) is 0 Å². The topological polar surface area (TPSA) is 72.7 Å². The fraction of sp³-hybridized carbons (Fsp3) is 0.235. The van der Waals surface area contributed by atoms with Crippen LogP contribution in [0, 0.1) is 10.1 Å². The van der Waals surface area contributed by atoms with Crippen molar-refractivity contribution < 1.29 is 14.5 Å². The van der Waals surface area contributed by atoms with Gasteiger partial charge < -0.3 is 9.64 Å². The van der Waals surface area contributed by atoms with Crippen molar-refractivity contribution in [2.75, 3.05) is 14.2 Å². The second kappa shape index (κ2) is 7.90. The minimum Gasteiger partial charge on any atom is -0.380 e. The van der Waals surface area contributed by atoms with Crippen molar-refractivity contribution in [1.29, 1.82) is 0 Å². The van der Waals surface area contributed by atoms with Gasteiger partial charge in [0.15, 0.2) is 0 Å². The fourth-order valence-corrected chi connectivity index (χ4v) is 2.43. The summed E-state index contributed by atoms with van der Waals surface area (Å²) in [6, 6.07) is 11.3. The van der Waals surface area contributed by atoms with Crippen LogP contribution in [0.1, 0.15) is 21.5 Å². The minimum absolute atomic E-state index is 0.0563. The van der Waals surface area contributed by atoms with Crippen molar-refractivity contribution in [3.05, 3.63) is 74.3 Å². The summed E-state index contributed by atoms with van der Waals surface area (Å²) < 4.78 is 5.03. The first-order valence-electron chi connectivity index (χ1n) is 7.18. The first-order valence-corrected chi connectivity index (χ1v) is 7.56. The highest BCUT2D eigenvalue weighted by Crippen LogP contribution is 2.23. The van der Waals surface area contributed by atoms with Gasteiger partial charge in [-0.1, -0.05) is 23.7 Å². The monoisotopic (exact) mass is 348 g/mol. The Labute approximate surface area is 144 Å². The number of benzene rings is 2. The Morgan fingerprint density at radius 1 is 1.25 bits per heavy atom. The van der Waals surface area contributed by atoms with Gasteiger partial charge in [-0.2, -0.15) is 0 Å². The lowest BCUT2D eigenvalue weighted by molar-refractivity contribution is -0.384. The van der Waals surface area contributed by atoms with Crippen LogP contribution < -0.4 is 0 Å². The Bertz CT molecular complexity index is 747. The molecule has 6 nitrogen and oxygen atoms in total. The van der Waals surface area contributed by atoms with Crippen molar-refractivity contribution >= 4 is 23.2 Å². The normalized spacial score (nSPS) is 10.5. The Balaban J connectivity index is 2.14. The molecule has 7 heteroatoms. The molecule has 2 rings (SSSR count). The van der Waals surface area contributed by atoms with E-state index in [0.717, 1.165) is 5.56 Å². The lowest BCUT2D eigenvalue weighted by Crippen LogP contribution is -2.26. The number of hydrogen-bond acceptors (Lipinski definition) is 4. The first kappa shape index (κ1) is 17.9. The molecule has 0 spiro atoms. The third-order valence-electron chi connectivity index (χ3n) is 3.51. The Morgan fingerprint density at radius 3 is 2.50 bits per heavy atom. The van der Waals surface area contributed by atoms with Gasteiger partial charge in [0, 0.05) is 43.4 Å². The van der Waals surface area contributed by atoms with Crippen LogP contribution in [0.5, 0.6) is 0 Å². The summed E-state index contributed by atoms with van der Waals surface area (Å²) in [7, 11) is 3.23. The van der Waals surface area contributed by atoms with E-state index in [9.17, 15) is 14.9 Å². The SMILES string of the molecule is COCc1ccc(C(=O)N(C)Cc2cc([N+](=O)[O-])ccc2Cl)cc1. The van der Waals surface area contributed by atoms with Gasteiger partial charge in [-0.3, -0.25) is 14.9 Å². The number of non-ortho nitro benzene ring substituents is 1. The maximum absolute atomic E-state index is 12.5. The van der Waals surface area contributed by atoms with E-state index in [1.807, 2.05) is 12.1 Å². The zero-order valence-electron chi connectivity index (χ0n) is 13.4. The van der Waals surface area contributed by atoms with Crippen LogP contribution >= 0.6 is 11.6 Å². The number of halogens is 1. The zero-order chi connectivity index (χ0) is 17.7. The number of methoxy groups -OCH3 is 1. The van der Waals surface area contributed by atoms with E-state index in [1.54, 1.807) is 26.3 Å². The van der Waals surface area contributed by atoms with Gasteiger partial charge in [0.2, 0.25) is 0 Å². The van der Waals surface area contributed by atoms with Crippen molar-refractivity contribution in [3.8, 4) is 0 Å². The molecule has 0 aliphatic heterocycles. The van der Waals surface area contributed by atoms with Crippen LogP contribution in [0.15, 0.2) is 42.5 Å². The molecule has 0 saturated carbocycles. The molecular formula is C17H17ClN2O4. The summed E-state index contributed by atoms with van der Waals surface area (Å²) in [5.41, 5.74) is 1.97. The molecule has 0 fully saturated rings. The average molecular weight is 349 g/mol. The molecule has 0 saturated heterocycles. The third kappa shape index (κ3) is 4.31. The van der Waals surface area contributed by atoms with Crippen LogP contribution in [0.3, 0.4) is 0 Å². The van der Waals surface area contributed by atoms with Crippen LogP contribution in [0.4, 0.5) is 5.69 Å². The van der Waals surface area contributed by atoms with E-state index >= 15 is 0 Å². The number of rotatable bonds is 6. The number of nitrogens with zero attached hydrogens (tertiary/aromatic N) is 2. The van der Waals surface area contributed by atoms with E-state index in [0.29, 0.717) is 22.8 Å². The lowest BCUT2D eigenvalue weighted by atomic mass is 10.1. The maximum Gasteiger partial charge on any atom is 0.269 e. The van der Waals surface area contributed by atoms with Crippen LogP contribution in [-0.2, 0) is 17.9 Å². The highest BCUT2D eigenvalue weighted by atomic mass is 35.5. The van der Waals surface area contributed by atoms with Gasteiger partial charge in [0.05, 0.1) is 11.5 Å². The highest BCUT2D eigenvalue weighted by molar-refractivity contribution is 6.31. The molecule has 0 aliphatic rings. The van der Waals surface area contributed by atoms with Gasteiger partial charge >= 0.3 is 0 Å². The standard InChI is InChI=1S/C17H17ClN2O4/c1-19(10-14-9-15(20(22)23)7-8-16(14)18)17(21)13-5-3-12(4-6-13)11-24-2/h3-9H,10-11H2,1-2H3. The molecule has 24 heavy (non-hydrogen) atoms. The largest absolute Gasteiger partial charge is 0.380 e. The number of carbonyl (C=O) groups excluding carboxylic acids is 1. The molecule has 1 amide bonds. The number of hydrogen-bond donors (Lipinski definition) is 0. The second-order valence-electron chi connectivity index (χ2n) is 5.32. The van der Waals surface area contributed by atoms with Crippen LogP contribution in [0.2, 0.25) is 5.02 Å². The summed E-state index contributed by atoms with van der Waals surface area (Å²) in [4.78, 5) is 24.3. The molecule has 0 aromatic heterocycles. The Kier molecular flexibility index (Phi) is 5.89. The summed E-state index contributed by atoms with van der Waals surface area (Å²) in [6.07, 6.45) is 0. The number of ether oxygens (including phenoxy) is 1. The van der Waals surface area contributed by atoms with Crippen LogP contribution in [0.25, 0.3) is 0 Å². The number of nitro benzene ring substituents is 1. The summed E-state index contributed by atoms with van der Waals surface area (Å²) >= 11 is 6.08. The molecule has 0 unspecified atom stereocenters. The van der Waals surface area contributed by atoms with Gasteiger partial charge in [0.1, 0.15) is 0 Å². The molecule has 0 aliphatic carbocycles.